The highest BCUT2D eigenvalue weighted by Gasteiger charge is 2.26. The maximum absolute atomic E-state index is 11.7. The maximum atomic E-state index is 11.7. The zero-order valence-corrected chi connectivity index (χ0v) is 9.32. The SMILES string of the molecule is CC(C)CC(=O)N1CCNC(C(N)=O)C1. The van der Waals surface area contributed by atoms with Crippen molar-refractivity contribution in [1.29, 1.82) is 0 Å². The molecule has 2 amide bonds. The fraction of sp³-hybridized carbons (Fsp3) is 0.800. The van der Waals surface area contributed by atoms with Gasteiger partial charge >= 0.3 is 0 Å². The van der Waals surface area contributed by atoms with Crippen molar-refractivity contribution in [1.82, 2.24) is 10.2 Å². The number of hydrogen-bond donors (Lipinski definition) is 2. The molecule has 0 bridgehead atoms. The van der Waals surface area contributed by atoms with Crippen molar-refractivity contribution in [3.05, 3.63) is 0 Å². The van der Waals surface area contributed by atoms with Gasteiger partial charge in [0.05, 0.1) is 0 Å². The molecule has 3 N–H and O–H groups in total. The molecule has 5 nitrogen and oxygen atoms in total. The molecule has 1 rings (SSSR count). The number of carbonyl (C=O) groups is 2. The Kier molecular flexibility index (Phi) is 4.08. The molecule has 1 saturated heterocycles. The Labute approximate surface area is 90.0 Å². The average molecular weight is 213 g/mol. The monoisotopic (exact) mass is 213 g/mol. The van der Waals surface area contributed by atoms with Gasteiger partial charge in [-0.05, 0) is 5.92 Å². The van der Waals surface area contributed by atoms with Gasteiger partial charge in [0, 0.05) is 26.1 Å². The van der Waals surface area contributed by atoms with Crippen molar-refractivity contribution in [2.45, 2.75) is 26.3 Å². The smallest absolute Gasteiger partial charge is 0.236 e. The summed E-state index contributed by atoms with van der Waals surface area (Å²) < 4.78 is 0. The van der Waals surface area contributed by atoms with Crippen LogP contribution in [-0.2, 0) is 9.59 Å². The number of nitrogens with one attached hydrogen (secondary N) is 1. The molecule has 86 valence electrons. The predicted molar refractivity (Wildman–Crippen MR) is 57.0 cm³/mol. The number of primary amides is 1. The fourth-order valence-electron chi connectivity index (χ4n) is 1.65. The van der Waals surface area contributed by atoms with Gasteiger partial charge in [0.1, 0.15) is 6.04 Å². The Morgan fingerprint density at radius 2 is 2.20 bits per heavy atom. The van der Waals surface area contributed by atoms with Crippen LogP contribution in [0.4, 0.5) is 0 Å². The van der Waals surface area contributed by atoms with E-state index in [1.54, 1.807) is 4.90 Å². The Balaban J connectivity index is 2.48. The van der Waals surface area contributed by atoms with Crippen LogP contribution in [0.15, 0.2) is 0 Å². The van der Waals surface area contributed by atoms with Gasteiger partial charge in [-0.25, -0.2) is 0 Å². The predicted octanol–water partition coefficient (Wildman–Crippen LogP) is -0.682. The summed E-state index contributed by atoms with van der Waals surface area (Å²) in [5, 5.41) is 2.99. The quantitative estimate of drug-likeness (QED) is 0.652. The summed E-state index contributed by atoms with van der Waals surface area (Å²) in [4.78, 5) is 24.4. The lowest BCUT2D eigenvalue weighted by Crippen LogP contribution is -2.57. The maximum Gasteiger partial charge on any atom is 0.236 e. The van der Waals surface area contributed by atoms with Crippen molar-refractivity contribution in [3.63, 3.8) is 0 Å². The van der Waals surface area contributed by atoms with E-state index in [0.717, 1.165) is 0 Å². The van der Waals surface area contributed by atoms with Crippen molar-refractivity contribution in [3.8, 4) is 0 Å². The van der Waals surface area contributed by atoms with Crippen LogP contribution in [-0.4, -0.2) is 42.4 Å². The highest BCUT2D eigenvalue weighted by molar-refractivity contribution is 5.82. The van der Waals surface area contributed by atoms with Crippen molar-refractivity contribution in [2.24, 2.45) is 11.7 Å². The molecule has 0 saturated carbocycles. The Bertz CT molecular complexity index is 253. The zero-order chi connectivity index (χ0) is 11.4. The number of hydrogen-bond acceptors (Lipinski definition) is 3. The minimum absolute atomic E-state index is 0.109. The molecule has 0 radical (unpaired) electrons. The molecule has 0 aromatic heterocycles. The van der Waals surface area contributed by atoms with Crippen LogP contribution >= 0.6 is 0 Å². The zero-order valence-electron chi connectivity index (χ0n) is 9.32. The van der Waals surface area contributed by atoms with E-state index in [-0.39, 0.29) is 5.91 Å². The molecule has 1 heterocycles. The molecule has 1 aliphatic heterocycles. The second kappa shape index (κ2) is 5.11. The molecule has 1 atom stereocenters. The fourth-order valence-corrected chi connectivity index (χ4v) is 1.65. The van der Waals surface area contributed by atoms with Gasteiger partial charge in [0.15, 0.2) is 0 Å². The van der Waals surface area contributed by atoms with Crippen molar-refractivity contribution < 1.29 is 9.59 Å². The Morgan fingerprint density at radius 1 is 1.53 bits per heavy atom. The van der Waals surface area contributed by atoms with E-state index in [4.69, 9.17) is 5.73 Å². The molecule has 0 spiro atoms. The first-order chi connectivity index (χ1) is 7.00. The van der Waals surface area contributed by atoms with Crippen LogP contribution in [0.5, 0.6) is 0 Å². The van der Waals surface area contributed by atoms with Crippen LogP contribution in [0, 0.1) is 5.92 Å². The van der Waals surface area contributed by atoms with E-state index in [9.17, 15) is 9.59 Å². The third-order valence-corrected chi connectivity index (χ3v) is 2.45. The summed E-state index contributed by atoms with van der Waals surface area (Å²) in [6, 6.07) is -0.394. The topological polar surface area (TPSA) is 75.4 Å². The summed E-state index contributed by atoms with van der Waals surface area (Å²) in [7, 11) is 0. The van der Waals surface area contributed by atoms with Gasteiger partial charge in [0.25, 0.3) is 0 Å². The molecule has 5 heteroatoms. The molecule has 0 aromatic rings. The standard InChI is InChI=1S/C10H19N3O2/c1-7(2)5-9(14)13-4-3-12-8(6-13)10(11)15/h7-8,12H,3-6H2,1-2H3,(H2,11,15). The number of amides is 2. The van der Waals surface area contributed by atoms with Crippen LogP contribution < -0.4 is 11.1 Å². The highest BCUT2D eigenvalue weighted by Crippen LogP contribution is 2.07. The summed E-state index contributed by atoms with van der Waals surface area (Å²) in [5.41, 5.74) is 5.19. The minimum atomic E-state index is -0.394. The second-order valence-corrected chi connectivity index (χ2v) is 4.35. The molecule has 0 aliphatic carbocycles. The number of nitrogens with two attached hydrogens (primary N) is 1. The lowest BCUT2D eigenvalue weighted by molar-refractivity contribution is -0.134. The lowest BCUT2D eigenvalue weighted by atomic mass is 10.1. The first kappa shape index (κ1) is 12.0. The summed E-state index contributed by atoms with van der Waals surface area (Å²) in [5.74, 6) is 0.0641. The third-order valence-electron chi connectivity index (χ3n) is 2.45. The first-order valence-electron chi connectivity index (χ1n) is 5.31. The Morgan fingerprint density at radius 3 is 2.73 bits per heavy atom. The van der Waals surface area contributed by atoms with E-state index in [0.29, 0.717) is 32.0 Å². The van der Waals surface area contributed by atoms with E-state index < -0.39 is 11.9 Å². The molecule has 1 aliphatic rings. The van der Waals surface area contributed by atoms with Crippen LogP contribution in [0.25, 0.3) is 0 Å². The van der Waals surface area contributed by atoms with Crippen molar-refractivity contribution >= 4 is 11.8 Å². The Hall–Kier alpha value is -1.10. The van der Waals surface area contributed by atoms with E-state index >= 15 is 0 Å². The van der Waals surface area contributed by atoms with Crippen molar-refractivity contribution in [2.75, 3.05) is 19.6 Å². The van der Waals surface area contributed by atoms with E-state index in [2.05, 4.69) is 5.32 Å². The number of nitrogens with zero attached hydrogens (tertiary/aromatic N) is 1. The third kappa shape index (κ3) is 3.51. The minimum Gasteiger partial charge on any atom is -0.368 e. The van der Waals surface area contributed by atoms with Crippen LogP contribution in [0.3, 0.4) is 0 Å². The van der Waals surface area contributed by atoms with Gasteiger partial charge in [-0.15, -0.1) is 0 Å². The van der Waals surface area contributed by atoms with Gasteiger partial charge in [-0.2, -0.15) is 0 Å². The van der Waals surface area contributed by atoms with Crippen LogP contribution in [0.2, 0.25) is 0 Å². The van der Waals surface area contributed by atoms with E-state index in [1.165, 1.54) is 0 Å². The molecule has 15 heavy (non-hydrogen) atoms. The second-order valence-electron chi connectivity index (χ2n) is 4.35. The average Bonchev–Trinajstić information content (AvgIpc) is 2.17. The molecular weight excluding hydrogens is 194 g/mol. The molecule has 0 aromatic carbocycles. The first-order valence-corrected chi connectivity index (χ1v) is 5.31. The van der Waals surface area contributed by atoms with Gasteiger partial charge in [-0.3, -0.25) is 9.59 Å². The largest absolute Gasteiger partial charge is 0.368 e. The molecular formula is C10H19N3O2. The molecule has 1 fully saturated rings. The van der Waals surface area contributed by atoms with Crippen LogP contribution in [0.1, 0.15) is 20.3 Å². The van der Waals surface area contributed by atoms with Gasteiger partial charge in [-0.1, -0.05) is 13.8 Å². The lowest BCUT2D eigenvalue weighted by Gasteiger charge is -2.32. The normalized spacial score (nSPS) is 21.8. The van der Waals surface area contributed by atoms with Gasteiger partial charge in [0.2, 0.25) is 11.8 Å². The molecule has 1 unspecified atom stereocenters. The van der Waals surface area contributed by atoms with E-state index in [1.807, 2.05) is 13.8 Å². The number of piperazine rings is 1. The summed E-state index contributed by atoms with van der Waals surface area (Å²) >= 11 is 0. The number of carbonyl (C=O) groups excluding carboxylic acids is 2. The highest BCUT2D eigenvalue weighted by atomic mass is 16.2. The van der Waals surface area contributed by atoms with Gasteiger partial charge < -0.3 is 16.0 Å². The summed E-state index contributed by atoms with van der Waals surface area (Å²) in [6.45, 7) is 5.71. The summed E-state index contributed by atoms with van der Waals surface area (Å²) in [6.07, 6.45) is 0.533. The number of rotatable bonds is 3.